The second-order valence-corrected chi connectivity index (χ2v) is 5.67. The Morgan fingerprint density at radius 3 is 2.69 bits per heavy atom. The fraction of sp³-hybridized carbons (Fsp3) is 0.583. The number of hydrogen-bond acceptors (Lipinski definition) is 2. The van der Waals surface area contributed by atoms with Crippen LogP contribution in [0.25, 0.3) is 0 Å². The van der Waals surface area contributed by atoms with Crippen LogP contribution in [0.15, 0.2) is 16.7 Å². The van der Waals surface area contributed by atoms with Crippen molar-refractivity contribution in [2.45, 2.75) is 33.2 Å². The summed E-state index contributed by atoms with van der Waals surface area (Å²) in [4.78, 5) is 4.36. The molecule has 1 atom stereocenters. The van der Waals surface area contributed by atoms with Gasteiger partial charge < -0.3 is 5.32 Å². The molecule has 90 valence electrons. The highest BCUT2D eigenvalue weighted by molar-refractivity contribution is 9.10. The number of hydrogen-bond donors (Lipinski definition) is 1. The minimum absolute atomic E-state index is 0.286. The molecule has 1 N–H and O–H groups in total. The van der Waals surface area contributed by atoms with E-state index in [-0.39, 0.29) is 6.04 Å². The van der Waals surface area contributed by atoms with Crippen LogP contribution in [-0.2, 0) is 0 Å². The van der Waals surface area contributed by atoms with Gasteiger partial charge in [0.25, 0.3) is 0 Å². The van der Waals surface area contributed by atoms with Crippen LogP contribution in [0.4, 0.5) is 5.82 Å². The maximum atomic E-state index is 5.95. The van der Waals surface area contributed by atoms with Crippen LogP contribution in [-0.4, -0.2) is 16.9 Å². The zero-order valence-corrected chi connectivity index (χ0v) is 12.3. The highest BCUT2D eigenvalue weighted by atomic mass is 79.9. The molecule has 0 aliphatic carbocycles. The van der Waals surface area contributed by atoms with Crippen molar-refractivity contribution < 1.29 is 0 Å². The summed E-state index contributed by atoms with van der Waals surface area (Å²) < 4.78 is 1.00. The molecule has 4 heteroatoms. The molecule has 16 heavy (non-hydrogen) atoms. The molecule has 0 aliphatic heterocycles. The summed E-state index contributed by atoms with van der Waals surface area (Å²) >= 11 is 9.35. The Morgan fingerprint density at radius 2 is 2.19 bits per heavy atom. The van der Waals surface area contributed by atoms with Gasteiger partial charge in [0.2, 0.25) is 0 Å². The SMILES string of the molecule is Cc1cc(Br)cnc1NC(CCl)CC(C)C. The fourth-order valence-corrected chi connectivity index (χ4v) is 2.26. The summed E-state index contributed by atoms with van der Waals surface area (Å²) in [5.41, 5.74) is 1.13. The zero-order chi connectivity index (χ0) is 12.1. The quantitative estimate of drug-likeness (QED) is 0.824. The minimum atomic E-state index is 0.286. The molecule has 0 bridgehead atoms. The molecule has 1 heterocycles. The first kappa shape index (κ1) is 13.8. The Labute approximate surface area is 111 Å². The smallest absolute Gasteiger partial charge is 0.129 e. The second-order valence-electron chi connectivity index (χ2n) is 4.44. The van der Waals surface area contributed by atoms with Crippen LogP contribution in [0.5, 0.6) is 0 Å². The third-order valence-electron chi connectivity index (χ3n) is 2.33. The van der Waals surface area contributed by atoms with Crippen molar-refractivity contribution in [2.75, 3.05) is 11.2 Å². The number of alkyl halides is 1. The van der Waals surface area contributed by atoms with Crippen molar-refractivity contribution >= 4 is 33.3 Å². The molecular formula is C12H18BrClN2. The van der Waals surface area contributed by atoms with E-state index in [1.165, 1.54) is 0 Å². The van der Waals surface area contributed by atoms with Gasteiger partial charge in [0, 0.05) is 22.6 Å². The van der Waals surface area contributed by atoms with Gasteiger partial charge in [-0.2, -0.15) is 0 Å². The monoisotopic (exact) mass is 304 g/mol. The Morgan fingerprint density at radius 1 is 1.50 bits per heavy atom. The van der Waals surface area contributed by atoms with Gasteiger partial charge in [-0.25, -0.2) is 4.98 Å². The minimum Gasteiger partial charge on any atom is -0.366 e. The lowest BCUT2D eigenvalue weighted by atomic mass is 10.1. The largest absolute Gasteiger partial charge is 0.366 e. The molecule has 2 nitrogen and oxygen atoms in total. The van der Waals surface area contributed by atoms with Gasteiger partial charge in [-0.15, -0.1) is 11.6 Å². The van der Waals surface area contributed by atoms with Crippen LogP contribution in [0.2, 0.25) is 0 Å². The van der Waals surface area contributed by atoms with E-state index in [1.807, 2.05) is 6.92 Å². The summed E-state index contributed by atoms with van der Waals surface area (Å²) in [6.45, 7) is 6.44. The second kappa shape index (κ2) is 6.45. The standard InChI is InChI=1S/C12H18BrClN2/c1-8(2)4-11(6-14)16-12-9(3)5-10(13)7-15-12/h5,7-8,11H,4,6H2,1-3H3,(H,15,16). The average Bonchev–Trinajstić information content (AvgIpc) is 2.20. The fourth-order valence-electron chi connectivity index (χ4n) is 1.61. The van der Waals surface area contributed by atoms with Gasteiger partial charge in [0.15, 0.2) is 0 Å². The summed E-state index contributed by atoms with van der Waals surface area (Å²) in [6.07, 6.45) is 2.86. The topological polar surface area (TPSA) is 24.9 Å². The van der Waals surface area contributed by atoms with Gasteiger partial charge in [-0.1, -0.05) is 13.8 Å². The molecule has 0 radical (unpaired) electrons. The van der Waals surface area contributed by atoms with Crippen molar-refractivity contribution in [3.63, 3.8) is 0 Å². The number of nitrogens with zero attached hydrogens (tertiary/aromatic N) is 1. The molecule has 0 aliphatic rings. The van der Waals surface area contributed by atoms with Crippen molar-refractivity contribution in [1.82, 2.24) is 4.98 Å². The Kier molecular flexibility index (Phi) is 5.56. The van der Waals surface area contributed by atoms with E-state index < -0.39 is 0 Å². The van der Waals surface area contributed by atoms with Crippen molar-refractivity contribution in [1.29, 1.82) is 0 Å². The maximum absolute atomic E-state index is 5.95. The summed E-state index contributed by atoms with van der Waals surface area (Å²) in [5, 5.41) is 3.39. The molecular weight excluding hydrogens is 288 g/mol. The van der Waals surface area contributed by atoms with Gasteiger partial charge in [0.05, 0.1) is 0 Å². The number of aryl methyl sites for hydroxylation is 1. The summed E-state index contributed by atoms with van der Waals surface area (Å²) in [7, 11) is 0. The number of aromatic nitrogens is 1. The van der Waals surface area contributed by atoms with Gasteiger partial charge in [-0.3, -0.25) is 0 Å². The average molecular weight is 306 g/mol. The first-order valence-electron chi connectivity index (χ1n) is 5.47. The van der Waals surface area contributed by atoms with Crippen LogP contribution in [0.1, 0.15) is 25.8 Å². The van der Waals surface area contributed by atoms with Crippen LogP contribution in [0.3, 0.4) is 0 Å². The van der Waals surface area contributed by atoms with E-state index in [0.29, 0.717) is 11.8 Å². The van der Waals surface area contributed by atoms with E-state index >= 15 is 0 Å². The summed E-state index contributed by atoms with van der Waals surface area (Å²) in [5.74, 6) is 2.16. The maximum Gasteiger partial charge on any atom is 0.129 e. The first-order valence-corrected chi connectivity index (χ1v) is 6.80. The van der Waals surface area contributed by atoms with Gasteiger partial charge >= 0.3 is 0 Å². The van der Waals surface area contributed by atoms with E-state index in [1.54, 1.807) is 6.20 Å². The lowest BCUT2D eigenvalue weighted by Gasteiger charge is -2.19. The summed E-state index contributed by atoms with van der Waals surface area (Å²) in [6, 6.07) is 2.34. The lowest BCUT2D eigenvalue weighted by molar-refractivity contribution is 0.541. The molecule has 1 aromatic heterocycles. The molecule has 1 rings (SSSR count). The predicted octanol–water partition coefficient (Wildman–Crippen LogP) is 4.22. The molecule has 0 saturated heterocycles. The predicted molar refractivity (Wildman–Crippen MR) is 74.3 cm³/mol. The highest BCUT2D eigenvalue weighted by Crippen LogP contribution is 2.19. The lowest BCUT2D eigenvalue weighted by Crippen LogP contribution is -2.24. The molecule has 0 fully saturated rings. The van der Waals surface area contributed by atoms with E-state index in [4.69, 9.17) is 11.6 Å². The Hall–Kier alpha value is -0.280. The molecule has 1 unspecified atom stereocenters. The van der Waals surface area contributed by atoms with Crippen LogP contribution in [0, 0.1) is 12.8 Å². The van der Waals surface area contributed by atoms with Crippen molar-refractivity contribution in [3.05, 3.63) is 22.3 Å². The molecule has 1 aromatic rings. The van der Waals surface area contributed by atoms with E-state index in [9.17, 15) is 0 Å². The van der Waals surface area contributed by atoms with Crippen LogP contribution < -0.4 is 5.32 Å². The van der Waals surface area contributed by atoms with E-state index in [2.05, 4.69) is 46.1 Å². The third kappa shape index (κ3) is 4.30. The molecule has 0 spiro atoms. The zero-order valence-electron chi connectivity index (χ0n) is 9.93. The van der Waals surface area contributed by atoms with Gasteiger partial charge in [0.1, 0.15) is 5.82 Å². The van der Waals surface area contributed by atoms with Crippen molar-refractivity contribution in [2.24, 2.45) is 5.92 Å². The number of nitrogens with one attached hydrogen (secondary N) is 1. The number of rotatable bonds is 5. The highest BCUT2D eigenvalue weighted by Gasteiger charge is 2.11. The third-order valence-corrected chi connectivity index (χ3v) is 3.13. The van der Waals surface area contributed by atoms with E-state index in [0.717, 1.165) is 22.3 Å². The Bertz CT molecular complexity index is 342. The number of anilines is 1. The number of pyridine rings is 1. The molecule has 0 saturated carbocycles. The normalized spacial score (nSPS) is 12.9. The van der Waals surface area contributed by atoms with Gasteiger partial charge in [-0.05, 0) is 46.8 Å². The Balaban J connectivity index is 2.70. The first-order chi connectivity index (χ1) is 7.52. The van der Waals surface area contributed by atoms with Crippen molar-refractivity contribution in [3.8, 4) is 0 Å². The molecule has 0 amide bonds. The molecule has 0 aromatic carbocycles. The van der Waals surface area contributed by atoms with Crippen LogP contribution >= 0.6 is 27.5 Å². The number of halogens is 2.